The van der Waals surface area contributed by atoms with Gasteiger partial charge in [-0.25, -0.2) is 0 Å². The molecule has 2 heterocycles. The molecule has 0 aliphatic carbocycles. The minimum Gasteiger partial charge on any atom is -0.507 e. The van der Waals surface area contributed by atoms with E-state index in [0.717, 1.165) is 18.2 Å². The van der Waals surface area contributed by atoms with Crippen molar-refractivity contribution in [2.24, 2.45) is 0 Å². The molecule has 0 bridgehead atoms. The summed E-state index contributed by atoms with van der Waals surface area (Å²) in [5, 5.41) is 55.3. The zero-order valence-electron chi connectivity index (χ0n) is 19.6. The van der Waals surface area contributed by atoms with E-state index in [-0.39, 0.29) is 34.9 Å². The van der Waals surface area contributed by atoms with Gasteiger partial charge in [0.05, 0.1) is 19.7 Å². The number of aromatic nitrogens is 2. The summed E-state index contributed by atoms with van der Waals surface area (Å²) in [5.41, 5.74) is -0.780. The SMILES string of the molecule is COC(=O)C[C@H](c1cnn(C(C)C)c1)c1c(O)cc(O)c2c(=O)c(O)c(-c3ccc(O)c(O)c3)oc12. The Bertz CT molecular complexity index is 1540. The molecule has 11 heteroatoms. The Morgan fingerprint density at radius 1 is 1.06 bits per heavy atom. The molecule has 188 valence electrons. The number of phenols is 4. The fourth-order valence-electron chi connectivity index (χ4n) is 3.99. The molecule has 0 spiro atoms. The topological polar surface area (TPSA) is 175 Å². The molecule has 1 atom stereocenters. The number of fused-ring (bicyclic) bond motifs is 1. The van der Waals surface area contributed by atoms with Gasteiger partial charge in [0, 0.05) is 35.3 Å². The van der Waals surface area contributed by atoms with Crippen LogP contribution in [0.2, 0.25) is 0 Å². The van der Waals surface area contributed by atoms with Crippen molar-refractivity contribution in [3.05, 3.63) is 58.0 Å². The van der Waals surface area contributed by atoms with Crippen LogP contribution in [0.15, 0.2) is 45.9 Å². The smallest absolute Gasteiger partial charge is 0.306 e. The number of benzene rings is 2. The van der Waals surface area contributed by atoms with Gasteiger partial charge in [-0.2, -0.15) is 5.10 Å². The van der Waals surface area contributed by atoms with Gasteiger partial charge in [-0.05, 0) is 37.6 Å². The quantitative estimate of drug-likeness (QED) is 0.196. The number of aromatic hydroxyl groups is 5. The highest BCUT2D eigenvalue weighted by molar-refractivity contribution is 5.92. The fraction of sp³-hybridized carbons (Fsp3) is 0.240. The molecular formula is C25H24N2O9. The highest BCUT2D eigenvalue weighted by Gasteiger charge is 2.30. The van der Waals surface area contributed by atoms with Gasteiger partial charge in [-0.3, -0.25) is 14.3 Å². The summed E-state index contributed by atoms with van der Waals surface area (Å²) in [6, 6.07) is 4.42. The Labute approximate surface area is 204 Å². The summed E-state index contributed by atoms with van der Waals surface area (Å²) in [6.45, 7) is 3.81. The highest BCUT2D eigenvalue weighted by Crippen LogP contribution is 2.45. The maximum Gasteiger partial charge on any atom is 0.306 e. The van der Waals surface area contributed by atoms with Crippen LogP contribution in [0.25, 0.3) is 22.3 Å². The van der Waals surface area contributed by atoms with Crippen LogP contribution >= 0.6 is 0 Å². The van der Waals surface area contributed by atoms with Crippen LogP contribution in [0.4, 0.5) is 0 Å². The van der Waals surface area contributed by atoms with E-state index in [1.807, 2.05) is 13.8 Å². The number of hydrogen-bond donors (Lipinski definition) is 5. The number of ether oxygens (including phenoxy) is 1. The molecule has 4 aromatic rings. The van der Waals surface area contributed by atoms with E-state index in [1.165, 1.54) is 19.4 Å². The molecule has 5 N–H and O–H groups in total. The van der Waals surface area contributed by atoms with Crippen molar-refractivity contribution in [1.29, 1.82) is 0 Å². The molecule has 11 nitrogen and oxygen atoms in total. The van der Waals surface area contributed by atoms with Crippen LogP contribution in [0.5, 0.6) is 28.7 Å². The average molecular weight is 496 g/mol. The second-order valence-corrected chi connectivity index (χ2v) is 8.53. The number of hydrogen-bond acceptors (Lipinski definition) is 10. The molecule has 0 amide bonds. The lowest BCUT2D eigenvalue weighted by Crippen LogP contribution is -2.12. The Balaban J connectivity index is 2.06. The monoisotopic (exact) mass is 496 g/mol. The van der Waals surface area contributed by atoms with E-state index >= 15 is 0 Å². The Hall–Kier alpha value is -4.67. The minimum absolute atomic E-state index is 0.00802. The first-order valence-corrected chi connectivity index (χ1v) is 10.9. The maximum atomic E-state index is 13.1. The van der Waals surface area contributed by atoms with Crippen LogP contribution in [-0.2, 0) is 9.53 Å². The Kier molecular flexibility index (Phi) is 6.23. The molecule has 0 saturated carbocycles. The largest absolute Gasteiger partial charge is 0.507 e. The van der Waals surface area contributed by atoms with Gasteiger partial charge in [-0.1, -0.05) is 0 Å². The summed E-state index contributed by atoms with van der Waals surface area (Å²) in [7, 11) is 1.21. The molecule has 4 rings (SSSR count). The maximum absolute atomic E-state index is 13.1. The molecular weight excluding hydrogens is 472 g/mol. The molecule has 0 saturated heterocycles. The third-order valence-corrected chi connectivity index (χ3v) is 5.88. The van der Waals surface area contributed by atoms with Crippen LogP contribution in [-0.4, -0.2) is 48.4 Å². The van der Waals surface area contributed by atoms with E-state index < -0.39 is 51.4 Å². The van der Waals surface area contributed by atoms with E-state index in [4.69, 9.17) is 9.15 Å². The van der Waals surface area contributed by atoms with E-state index in [1.54, 1.807) is 10.9 Å². The number of nitrogens with zero attached hydrogens (tertiary/aromatic N) is 2. The average Bonchev–Trinajstić information content (AvgIpc) is 3.32. The first kappa shape index (κ1) is 24.5. The summed E-state index contributed by atoms with van der Waals surface area (Å²) in [6.07, 6.45) is 2.91. The van der Waals surface area contributed by atoms with Crippen molar-refractivity contribution >= 4 is 16.9 Å². The van der Waals surface area contributed by atoms with Crippen LogP contribution in [0, 0.1) is 0 Å². The lowest BCUT2D eigenvalue weighted by atomic mass is 9.88. The molecule has 0 radical (unpaired) electrons. The van der Waals surface area contributed by atoms with Crippen LogP contribution in [0.3, 0.4) is 0 Å². The van der Waals surface area contributed by atoms with Gasteiger partial charge in [0.2, 0.25) is 11.2 Å². The second-order valence-electron chi connectivity index (χ2n) is 8.53. The fourth-order valence-corrected chi connectivity index (χ4v) is 3.99. The van der Waals surface area contributed by atoms with Crippen molar-refractivity contribution in [3.63, 3.8) is 0 Å². The first-order chi connectivity index (χ1) is 17.0. The number of phenolic OH excluding ortho intramolecular Hbond substituents is 4. The third-order valence-electron chi connectivity index (χ3n) is 5.88. The number of rotatable bonds is 6. The van der Waals surface area contributed by atoms with Crippen molar-refractivity contribution in [2.75, 3.05) is 7.11 Å². The van der Waals surface area contributed by atoms with Gasteiger partial charge < -0.3 is 34.7 Å². The number of esters is 1. The predicted octanol–water partition coefficient (Wildman–Crippen LogP) is 3.46. The van der Waals surface area contributed by atoms with Gasteiger partial charge in [0.15, 0.2) is 17.3 Å². The molecule has 0 fully saturated rings. The van der Waals surface area contributed by atoms with E-state index in [9.17, 15) is 35.1 Å². The summed E-state index contributed by atoms with van der Waals surface area (Å²) < 4.78 is 12.4. The number of carbonyl (C=O) groups excluding carboxylic acids is 1. The normalized spacial score (nSPS) is 12.2. The molecule has 36 heavy (non-hydrogen) atoms. The van der Waals surface area contributed by atoms with Crippen LogP contribution in [0.1, 0.15) is 43.4 Å². The Morgan fingerprint density at radius 3 is 2.39 bits per heavy atom. The standard InChI is InChI=1S/C25H24N2O9/c1-11(2)27-10-13(9-26-27)14(7-19(32)35-3)20-17(30)8-18(31)21-22(33)23(34)24(36-25(20)21)12-4-5-15(28)16(29)6-12/h4-6,8-11,14,28-31,34H,7H2,1-3H3/t14-/m1/s1. The highest BCUT2D eigenvalue weighted by atomic mass is 16.5. The van der Waals surface area contributed by atoms with Gasteiger partial charge in [0.1, 0.15) is 22.5 Å². The zero-order valence-corrected chi connectivity index (χ0v) is 19.6. The van der Waals surface area contributed by atoms with E-state index in [0.29, 0.717) is 5.56 Å². The summed E-state index contributed by atoms with van der Waals surface area (Å²) in [4.78, 5) is 25.5. The van der Waals surface area contributed by atoms with Crippen LogP contribution < -0.4 is 5.43 Å². The second kappa shape index (κ2) is 9.17. The number of carbonyl (C=O) groups is 1. The third kappa shape index (κ3) is 4.15. The van der Waals surface area contributed by atoms with Crippen molar-refractivity contribution < 1.29 is 39.5 Å². The zero-order chi connectivity index (χ0) is 26.3. The molecule has 2 aromatic heterocycles. The predicted molar refractivity (Wildman–Crippen MR) is 127 cm³/mol. The summed E-state index contributed by atoms with van der Waals surface area (Å²) >= 11 is 0. The molecule has 2 aromatic carbocycles. The van der Waals surface area contributed by atoms with Crippen molar-refractivity contribution in [2.45, 2.75) is 32.2 Å². The lowest BCUT2D eigenvalue weighted by Gasteiger charge is -2.19. The molecule has 0 unspecified atom stereocenters. The Morgan fingerprint density at radius 2 is 1.78 bits per heavy atom. The number of methoxy groups -OCH3 is 1. The summed E-state index contributed by atoms with van der Waals surface area (Å²) in [5.74, 6) is -4.87. The van der Waals surface area contributed by atoms with Crippen molar-refractivity contribution in [1.82, 2.24) is 9.78 Å². The molecule has 0 aliphatic heterocycles. The van der Waals surface area contributed by atoms with E-state index in [2.05, 4.69) is 5.10 Å². The van der Waals surface area contributed by atoms with Crippen molar-refractivity contribution in [3.8, 4) is 40.1 Å². The minimum atomic E-state index is -1.01. The first-order valence-electron chi connectivity index (χ1n) is 10.9. The van der Waals surface area contributed by atoms with Gasteiger partial charge in [0.25, 0.3) is 0 Å². The molecule has 0 aliphatic rings. The van der Waals surface area contributed by atoms with Gasteiger partial charge in [-0.15, -0.1) is 0 Å². The van der Waals surface area contributed by atoms with Gasteiger partial charge >= 0.3 is 5.97 Å². The lowest BCUT2D eigenvalue weighted by molar-refractivity contribution is -0.140.